The Morgan fingerprint density at radius 1 is 0.506 bits per heavy atom. The number of amides is 5. The highest BCUT2D eigenvalue weighted by atomic mass is 16.5. The minimum absolute atomic E-state index is 0.0544. The third kappa shape index (κ3) is 14.7. The molecule has 7 N–H and O–H groups in total. The molecule has 0 saturated carbocycles. The molecule has 0 atom stereocenters. The number of pyridine rings is 2. The van der Waals surface area contributed by atoms with Crippen molar-refractivity contribution in [1.82, 2.24) is 29.5 Å². The van der Waals surface area contributed by atoms with Crippen LogP contribution in [0.5, 0.6) is 11.5 Å². The second-order valence-electron chi connectivity index (χ2n) is 22.0. The molecule has 10 rings (SSSR count). The van der Waals surface area contributed by atoms with Crippen LogP contribution in [-0.2, 0) is 33.6 Å². The van der Waals surface area contributed by atoms with Crippen LogP contribution < -0.4 is 41.8 Å². The van der Waals surface area contributed by atoms with Gasteiger partial charge in [0.2, 0.25) is 0 Å². The maximum atomic E-state index is 13.3. The van der Waals surface area contributed by atoms with Crippen molar-refractivity contribution in [3.05, 3.63) is 204 Å². The Kier molecular flexibility index (Phi) is 17.5. The molecule has 10 aromatic rings. The van der Waals surface area contributed by atoms with Gasteiger partial charge in [-0.1, -0.05) is 125 Å². The van der Waals surface area contributed by atoms with E-state index in [0.29, 0.717) is 52.8 Å². The van der Waals surface area contributed by atoms with Gasteiger partial charge in [0.15, 0.2) is 0 Å². The van der Waals surface area contributed by atoms with Crippen molar-refractivity contribution in [2.45, 2.75) is 79.4 Å². The van der Waals surface area contributed by atoms with Crippen LogP contribution in [0, 0.1) is 13.8 Å². The summed E-state index contributed by atoms with van der Waals surface area (Å²) < 4.78 is 20.6. The lowest BCUT2D eigenvalue weighted by molar-refractivity contribution is -0.119. The molecule has 0 unspecified atom stereocenters. The van der Waals surface area contributed by atoms with Gasteiger partial charge in [0.1, 0.15) is 54.6 Å². The van der Waals surface area contributed by atoms with E-state index in [2.05, 4.69) is 78.1 Å². The Morgan fingerprint density at radius 2 is 0.940 bits per heavy atom. The summed E-state index contributed by atoms with van der Waals surface area (Å²) in [6.45, 7) is 17.2. The van der Waals surface area contributed by atoms with Crippen molar-refractivity contribution in [3.63, 3.8) is 0 Å². The third-order valence-corrected chi connectivity index (χ3v) is 13.3. The Bertz CT molecular complexity index is 3940. The first-order valence-corrected chi connectivity index (χ1v) is 27.0. The van der Waals surface area contributed by atoms with Crippen molar-refractivity contribution in [2.24, 2.45) is 0 Å². The van der Waals surface area contributed by atoms with E-state index in [1.54, 1.807) is 33.9 Å². The van der Waals surface area contributed by atoms with E-state index in [4.69, 9.17) is 30.1 Å². The lowest BCUT2D eigenvalue weighted by Gasteiger charge is -2.15. The highest BCUT2D eigenvalue weighted by Crippen LogP contribution is 2.35. The molecule has 424 valence electrons. The first-order valence-electron chi connectivity index (χ1n) is 27.0. The summed E-state index contributed by atoms with van der Waals surface area (Å²) in [5.41, 5.74) is 14.2. The molecule has 18 nitrogen and oxygen atoms in total. The van der Waals surface area contributed by atoms with Crippen LogP contribution in [0.15, 0.2) is 170 Å². The number of methoxy groups -OCH3 is 1. The molecule has 0 saturated heterocycles. The highest BCUT2D eigenvalue weighted by molar-refractivity contribution is 6.08. The van der Waals surface area contributed by atoms with Gasteiger partial charge in [-0.25, -0.2) is 28.9 Å². The zero-order valence-corrected chi connectivity index (χ0v) is 48.0. The van der Waals surface area contributed by atoms with E-state index >= 15 is 0 Å². The minimum atomic E-state index is -0.391. The molecule has 0 radical (unpaired) electrons. The molecule has 83 heavy (non-hydrogen) atoms. The van der Waals surface area contributed by atoms with Crippen molar-refractivity contribution in [3.8, 4) is 22.9 Å². The average molecular weight is 1110 g/mol. The predicted octanol–water partition coefficient (Wildman–Crippen LogP) is 13.7. The second kappa shape index (κ2) is 25.2. The van der Waals surface area contributed by atoms with Crippen LogP contribution in [0.3, 0.4) is 0 Å². The zero-order valence-electron chi connectivity index (χ0n) is 48.0. The number of anilines is 6. The number of nitrogens with zero attached hydrogens (tertiary/aromatic N) is 6. The Labute approximate surface area is 482 Å². The lowest BCUT2D eigenvalue weighted by Crippen LogP contribution is -2.21. The number of aryl methyl sites for hydroxylation is 2. The number of hydrogen-bond donors (Lipinski definition) is 6. The summed E-state index contributed by atoms with van der Waals surface area (Å²) >= 11 is 0. The van der Waals surface area contributed by atoms with E-state index in [-0.39, 0.29) is 36.0 Å². The average Bonchev–Trinajstić information content (AvgIpc) is 4.35. The molecule has 4 heterocycles. The normalized spacial score (nSPS) is 11.3. The highest BCUT2D eigenvalue weighted by Gasteiger charge is 2.24. The summed E-state index contributed by atoms with van der Waals surface area (Å²) in [5, 5.41) is 27.7. The van der Waals surface area contributed by atoms with E-state index in [1.807, 2.05) is 159 Å². The second-order valence-corrected chi connectivity index (χ2v) is 22.0. The van der Waals surface area contributed by atoms with Gasteiger partial charge in [-0.2, -0.15) is 10.2 Å². The summed E-state index contributed by atoms with van der Waals surface area (Å²) in [4.78, 5) is 46.6. The summed E-state index contributed by atoms with van der Waals surface area (Å²) in [6, 6.07) is 49.2. The number of rotatable bonds is 15. The number of fused-ring (bicyclic) bond motifs is 2. The van der Waals surface area contributed by atoms with Gasteiger partial charge in [0.25, 0.3) is 5.91 Å². The number of nitrogen functional groups attached to an aromatic ring is 1. The maximum Gasteiger partial charge on any atom is 0.324 e. The van der Waals surface area contributed by atoms with Crippen LogP contribution in [0.4, 0.5) is 44.2 Å². The van der Waals surface area contributed by atoms with Gasteiger partial charge in [-0.15, -0.1) is 0 Å². The topological polar surface area (TPSA) is 226 Å². The fourth-order valence-electron chi connectivity index (χ4n) is 8.84. The quantitative estimate of drug-likeness (QED) is 0.0566. The fourth-order valence-corrected chi connectivity index (χ4v) is 8.84. The van der Waals surface area contributed by atoms with Gasteiger partial charge in [0.05, 0.1) is 34.1 Å². The molecule has 4 aromatic heterocycles. The number of carbonyl (C=O) groups excluding carboxylic acids is 3. The first-order chi connectivity index (χ1) is 39.8. The predicted molar refractivity (Wildman–Crippen MR) is 329 cm³/mol. The Hall–Kier alpha value is -10.1. The number of ether oxygens (including phenoxy) is 3. The van der Waals surface area contributed by atoms with Crippen molar-refractivity contribution >= 4 is 74.2 Å². The Balaban J connectivity index is 0.000000201. The number of urea groups is 2. The first kappa shape index (κ1) is 57.6. The monoisotopic (exact) mass is 1110 g/mol. The molecular weight excluding hydrogens is 1040 g/mol. The number of benzene rings is 6. The number of carbonyl (C=O) groups is 3. The molecule has 5 amide bonds. The summed E-state index contributed by atoms with van der Waals surface area (Å²) in [5.74, 6) is 3.09. The summed E-state index contributed by atoms with van der Waals surface area (Å²) in [7, 11) is 1.46. The standard InChI is InChI=1S/C34H36N6O4.C31H32N6O2/c1-22-10-12-24(13-11-22)40-31(19-29(39-40)34(2,3)4)38-33(42)36-27-14-15-28(26-9-7-6-8-25(26)27)44-20-23-16-17-35-30(18-23)37-32(41)21-43-5;1-20-9-11-22(12-10-20)37-29(18-27(36-37)31(2,3)4)35-30(38)34-25-13-14-26(24-8-6-5-7-23(24)25)39-19-21-15-16-33-28(32)17-21/h6-19H,20-21H2,1-5H3,(H,35,37,41)(H2,36,38,42);5-18H,19H2,1-4H3,(H2,32,33)(H2,34,35,38). The lowest BCUT2D eigenvalue weighted by atomic mass is 9.92. The van der Waals surface area contributed by atoms with Crippen molar-refractivity contribution in [1.29, 1.82) is 0 Å². The maximum absolute atomic E-state index is 13.3. The third-order valence-electron chi connectivity index (χ3n) is 13.3. The number of nitrogens with one attached hydrogen (secondary N) is 5. The molecule has 6 aromatic carbocycles. The van der Waals surface area contributed by atoms with Gasteiger partial charge < -0.3 is 35.9 Å². The van der Waals surface area contributed by atoms with Crippen LogP contribution in [0.25, 0.3) is 32.9 Å². The van der Waals surface area contributed by atoms with Gasteiger partial charge >= 0.3 is 12.1 Å². The SMILES string of the molecule is COCC(=O)Nc1cc(COc2ccc(NC(=O)Nc3cc(C(C)(C)C)nn3-c3ccc(C)cc3)c3ccccc23)ccn1.Cc1ccc(-n2nc(C(C)(C)C)cc2NC(=O)Nc2ccc(OCc3ccnc(N)c3)c3ccccc23)cc1. The molecule has 18 heteroatoms. The molecule has 0 aliphatic heterocycles. The van der Waals surface area contributed by atoms with Crippen molar-refractivity contribution in [2.75, 3.05) is 46.0 Å². The number of nitrogens with two attached hydrogens (primary N) is 1. The van der Waals surface area contributed by atoms with Crippen LogP contribution in [0.1, 0.15) is 75.2 Å². The van der Waals surface area contributed by atoms with Gasteiger partial charge in [-0.3, -0.25) is 15.4 Å². The van der Waals surface area contributed by atoms with E-state index in [0.717, 1.165) is 66.6 Å². The molecule has 0 bridgehead atoms. The molecule has 0 fully saturated rings. The van der Waals surface area contributed by atoms with Crippen LogP contribution in [-0.4, -0.2) is 61.2 Å². The van der Waals surface area contributed by atoms with E-state index in [1.165, 1.54) is 7.11 Å². The molecule has 0 aliphatic rings. The van der Waals surface area contributed by atoms with Crippen molar-refractivity contribution < 1.29 is 28.6 Å². The number of hydrogen-bond acceptors (Lipinski definition) is 11. The minimum Gasteiger partial charge on any atom is -0.488 e. The van der Waals surface area contributed by atoms with E-state index in [9.17, 15) is 14.4 Å². The number of aromatic nitrogens is 6. The van der Waals surface area contributed by atoms with Crippen LogP contribution in [0.2, 0.25) is 0 Å². The van der Waals surface area contributed by atoms with Crippen LogP contribution >= 0.6 is 0 Å². The van der Waals surface area contributed by atoms with Gasteiger partial charge in [-0.05, 0) is 97.8 Å². The van der Waals surface area contributed by atoms with E-state index < -0.39 is 6.03 Å². The molecular formula is C65H68N12O6. The zero-order chi connectivity index (χ0) is 58.8. The molecule has 0 aliphatic carbocycles. The Morgan fingerprint density at radius 3 is 1.37 bits per heavy atom. The van der Waals surface area contributed by atoms with Gasteiger partial charge in [0, 0.05) is 64.0 Å². The molecule has 0 spiro atoms. The fraction of sp³-hybridized carbons (Fsp3) is 0.215. The largest absolute Gasteiger partial charge is 0.488 e. The summed E-state index contributed by atoms with van der Waals surface area (Å²) in [6.07, 6.45) is 3.27. The smallest absolute Gasteiger partial charge is 0.324 e.